The Labute approximate surface area is 204 Å². The molecular formula is C26H34FN5OS. The van der Waals surface area contributed by atoms with E-state index in [9.17, 15) is 9.18 Å². The molecule has 8 heteroatoms. The third kappa shape index (κ3) is 4.62. The highest BCUT2D eigenvalue weighted by molar-refractivity contribution is 7.26. The second kappa shape index (κ2) is 10.1. The number of benzene rings is 1. The lowest BCUT2D eigenvalue weighted by Gasteiger charge is -2.39. The SMILES string of the molecule is C[C@@H]1CCC[C@H](C)N1CCCNC(=O)C1CCN(c2ncnc3c2sc2cccc(F)c23)CC1. The number of piperidine rings is 2. The Bertz CT molecular complexity index is 1150. The molecule has 2 saturated heterocycles. The van der Waals surface area contributed by atoms with Gasteiger partial charge in [0.25, 0.3) is 0 Å². The maximum absolute atomic E-state index is 14.4. The van der Waals surface area contributed by atoms with Crippen LogP contribution >= 0.6 is 11.3 Å². The van der Waals surface area contributed by atoms with Crippen LogP contribution in [0.3, 0.4) is 0 Å². The molecule has 3 aromatic rings. The Kier molecular flexibility index (Phi) is 6.97. The molecule has 0 bridgehead atoms. The lowest BCUT2D eigenvalue weighted by Crippen LogP contribution is -2.45. The molecule has 0 spiro atoms. The van der Waals surface area contributed by atoms with Crippen molar-refractivity contribution in [1.82, 2.24) is 20.2 Å². The van der Waals surface area contributed by atoms with Crippen LogP contribution in [-0.2, 0) is 4.79 Å². The normalized spacial score (nSPS) is 22.5. The molecule has 2 aliphatic heterocycles. The van der Waals surface area contributed by atoms with Crippen LogP contribution in [0.5, 0.6) is 0 Å². The van der Waals surface area contributed by atoms with Crippen LogP contribution in [-0.4, -0.2) is 59.0 Å². The Morgan fingerprint density at radius 1 is 1.15 bits per heavy atom. The molecule has 0 unspecified atom stereocenters. The molecule has 0 aliphatic carbocycles. The van der Waals surface area contributed by atoms with E-state index in [-0.39, 0.29) is 17.6 Å². The number of fused-ring (bicyclic) bond motifs is 3. The van der Waals surface area contributed by atoms with E-state index < -0.39 is 0 Å². The third-order valence-electron chi connectivity index (χ3n) is 7.64. The molecule has 4 heterocycles. The van der Waals surface area contributed by atoms with Gasteiger partial charge in [-0.05, 0) is 58.1 Å². The third-order valence-corrected chi connectivity index (χ3v) is 8.78. The van der Waals surface area contributed by atoms with Gasteiger partial charge in [-0.15, -0.1) is 11.3 Å². The van der Waals surface area contributed by atoms with Gasteiger partial charge in [0.05, 0.1) is 15.6 Å². The van der Waals surface area contributed by atoms with Crippen LogP contribution < -0.4 is 10.2 Å². The van der Waals surface area contributed by atoms with Crippen LogP contribution in [0.2, 0.25) is 0 Å². The van der Waals surface area contributed by atoms with Gasteiger partial charge < -0.3 is 10.2 Å². The summed E-state index contributed by atoms with van der Waals surface area (Å²) in [5.74, 6) is 0.833. The molecule has 2 fully saturated rings. The number of rotatable bonds is 6. The predicted octanol–water partition coefficient (Wildman–Crippen LogP) is 4.97. The quantitative estimate of drug-likeness (QED) is 0.502. The fourth-order valence-electron chi connectivity index (χ4n) is 5.68. The van der Waals surface area contributed by atoms with Crippen molar-refractivity contribution >= 4 is 43.4 Å². The Hall–Kier alpha value is -2.32. The van der Waals surface area contributed by atoms with Crippen molar-refractivity contribution in [2.24, 2.45) is 5.92 Å². The molecule has 5 rings (SSSR count). The topological polar surface area (TPSA) is 61.4 Å². The molecule has 2 aliphatic rings. The zero-order valence-corrected chi connectivity index (χ0v) is 20.9. The molecule has 1 amide bonds. The number of nitrogens with zero attached hydrogens (tertiary/aromatic N) is 4. The number of hydrogen-bond acceptors (Lipinski definition) is 6. The lowest BCUT2D eigenvalue weighted by molar-refractivity contribution is -0.125. The van der Waals surface area contributed by atoms with E-state index in [1.807, 2.05) is 6.07 Å². The first-order valence-electron chi connectivity index (χ1n) is 12.6. The second-order valence-corrected chi connectivity index (χ2v) is 10.9. The van der Waals surface area contributed by atoms with Crippen LogP contribution in [0.4, 0.5) is 10.2 Å². The van der Waals surface area contributed by atoms with Crippen molar-refractivity contribution in [2.75, 3.05) is 31.1 Å². The maximum atomic E-state index is 14.4. The minimum atomic E-state index is -0.243. The molecule has 6 nitrogen and oxygen atoms in total. The maximum Gasteiger partial charge on any atom is 0.223 e. The molecular weight excluding hydrogens is 449 g/mol. The summed E-state index contributed by atoms with van der Waals surface area (Å²) >= 11 is 1.54. The Balaban J connectivity index is 1.15. The van der Waals surface area contributed by atoms with Gasteiger partial charge in [-0.25, -0.2) is 14.4 Å². The number of carbonyl (C=O) groups is 1. The van der Waals surface area contributed by atoms with Gasteiger partial charge in [-0.3, -0.25) is 9.69 Å². The standard InChI is InChI=1S/C26H34FN5OS/c1-17-6-3-7-18(2)32(17)13-5-12-28-26(33)19-10-14-31(15-11-19)25-24-23(29-16-30-25)22-20(27)8-4-9-21(22)34-24/h4,8-9,16-19H,3,5-7,10-15H2,1-2H3,(H,28,33)/t17-,18+. The molecule has 34 heavy (non-hydrogen) atoms. The summed E-state index contributed by atoms with van der Waals surface area (Å²) in [6, 6.07) is 6.44. The fraction of sp³-hybridized carbons (Fsp3) is 0.577. The second-order valence-electron chi connectivity index (χ2n) is 9.86. The number of hydrogen-bond donors (Lipinski definition) is 1. The number of halogens is 1. The van der Waals surface area contributed by atoms with E-state index in [0.29, 0.717) is 23.0 Å². The van der Waals surface area contributed by atoms with Gasteiger partial charge >= 0.3 is 0 Å². The highest BCUT2D eigenvalue weighted by atomic mass is 32.1. The zero-order chi connectivity index (χ0) is 23.7. The molecule has 1 N–H and O–H groups in total. The minimum absolute atomic E-state index is 0.0428. The molecule has 2 atom stereocenters. The van der Waals surface area contributed by atoms with Crippen molar-refractivity contribution in [1.29, 1.82) is 0 Å². The highest BCUT2D eigenvalue weighted by Gasteiger charge is 2.28. The van der Waals surface area contributed by atoms with Crippen molar-refractivity contribution in [2.45, 2.75) is 64.5 Å². The van der Waals surface area contributed by atoms with E-state index in [4.69, 9.17) is 0 Å². The fourth-order valence-corrected chi connectivity index (χ4v) is 6.86. The van der Waals surface area contributed by atoms with Crippen LogP contribution in [0.1, 0.15) is 52.4 Å². The average Bonchev–Trinajstić information content (AvgIpc) is 3.23. The Morgan fingerprint density at radius 3 is 2.68 bits per heavy atom. The van der Waals surface area contributed by atoms with Gasteiger partial charge in [0.2, 0.25) is 5.91 Å². The molecule has 0 saturated carbocycles. The smallest absolute Gasteiger partial charge is 0.223 e. The van der Waals surface area contributed by atoms with Gasteiger partial charge in [-0.2, -0.15) is 0 Å². The van der Waals surface area contributed by atoms with Crippen LogP contribution in [0, 0.1) is 11.7 Å². The van der Waals surface area contributed by atoms with Crippen molar-refractivity contribution in [3.05, 3.63) is 30.3 Å². The molecule has 1 aromatic carbocycles. The first-order chi connectivity index (χ1) is 16.5. The van der Waals surface area contributed by atoms with Gasteiger partial charge in [0, 0.05) is 48.9 Å². The summed E-state index contributed by atoms with van der Waals surface area (Å²) in [7, 11) is 0. The van der Waals surface area contributed by atoms with Crippen LogP contribution in [0.15, 0.2) is 24.5 Å². The first-order valence-corrected chi connectivity index (χ1v) is 13.4. The first kappa shape index (κ1) is 23.4. The predicted molar refractivity (Wildman–Crippen MR) is 137 cm³/mol. The van der Waals surface area contributed by atoms with Crippen molar-refractivity contribution in [3.63, 3.8) is 0 Å². The molecule has 0 radical (unpaired) electrons. The summed E-state index contributed by atoms with van der Waals surface area (Å²) < 4.78 is 16.2. The summed E-state index contributed by atoms with van der Waals surface area (Å²) in [4.78, 5) is 26.5. The van der Waals surface area contributed by atoms with Gasteiger partial charge in [-0.1, -0.05) is 12.5 Å². The number of likely N-dealkylation sites (tertiary alicyclic amines) is 1. The Morgan fingerprint density at radius 2 is 1.91 bits per heavy atom. The van der Waals surface area contributed by atoms with Crippen molar-refractivity contribution in [3.8, 4) is 0 Å². The molecule has 2 aromatic heterocycles. The number of anilines is 1. The monoisotopic (exact) mass is 483 g/mol. The van der Waals surface area contributed by atoms with E-state index in [0.717, 1.165) is 60.7 Å². The number of aromatic nitrogens is 2. The summed E-state index contributed by atoms with van der Waals surface area (Å²) in [6.45, 7) is 7.98. The van der Waals surface area contributed by atoms with E-state index in [1.165, 1.54) is 43.0 Å². The van der Waals surface area contributed by atoms with Crippen LogP contribution in [0.25, 0.3) is 20.3 Å². The summed E-state index contributed by atoms with van der Waals surface area (Å²) in [5, 5.41) is 3.76. The number of nitrogens with one attached hydrogen (secondary N) is 1. The number of thiophene rings is 1. The van der Waals surface area contributed by atoms with Gasteiger partial charge in [0.1, 0.15) is 18.0 Å². The summed E-state index contributed by atoms with van der Waals surface area (Å²) in [6.07, 6.45) is 8.02. The molecule has 182 valence electrons. The highest BCUT2D eigenvalue weighted by Crippen LogP contribution is 2.39. The van der Waals surface area contributed by atoms with Crippen molar-refractivity contribution < 1.29 is 9.18 Å². The zero-order valence-electron chi connectivity index (χ0n) is 20.1. The lowest BCUT2D eigenvalue weighted by atomic mass is 9.95. The number of carbonyl (C=O) groups excluding carboxylic acids is 1. The van der Waals surface area contributed by atoms with E-state index in [2.05, 4.69) is 38.9 Å². The average molecular weight is 484 g/mol. The number of amides is 1. The summed E-state index contributed by atoms with van der Waals surface area (Å²) in [5.41, 5.74) is 0.681. The van der Waals surface area contributed by atoms with E-state index in [1.54, 1.807) is 6.07 Å². The van der Waals surface area contributed by atoms with Gasteiger partial charge in [0.15, 0.2) is 0 Å². The largest absolute Gasteiger partial charge is 0.356 e. The minimum Gasteiger partial charge on any atom is -0.356 e. The van der Waals surface area contributed by atoms with E-state index >= 15 is 0 Å².